The van der Waals surface area contributed by atoms with Crippen LogP contribution in [0.3, 0.4) is 0 Å². The molecule has 0 aliphatic heterocycles. The molecule has 3 nitrogen and oxygen atoms in total. The highest BCUT2D eigenvalue weighted by atomic mass is 16.6. The van der Waals surface area contributed by atoms with Crippen molar-refractivity contribution < 1.29 is 4.92 Å². The Labute approximate surface area is 54.5 Å². The van der Waals surface area contributed by atoms with Crippen LogP contribution >= 0.6 is 0 Å². The second-order valence-corrected chi connectivity index (χ2v) is 1.71. The summed E-state index contributed by atoms with van der Waals surface area (Å²) in [7, 11) is 0. The first-order valence-electron chi connectivity index (χ1n) is 3.05. The number of rotatable bonds is 3. The highest BCUT2D eigenvalue weighted by Gasteiger charge is 2.03. The van der Waals surface area contributed by atoms with Gasteiger partial charge < -0.3 is 0 Å². The average Bonchev–Trinajstić information content (AvgIpc) is 1.82. The first kappa shape index (κ1) is 8.14. The number of nitrogens with zero attached hydrogens (tertiary/aromatic N) is 1. The molecular formula is C6H11NO2. The highest BCUT2D eigenvalue weighted by Crippen LogP contribution is 2.01. The van der Waals surface area contributed by atoms with E-state index in [1.54, 1.807) is 13.0 Å². The van der Waals surface area contributed by atoms with Crippen molar-refractivity contribution in [3.8, 4) is 0 Å². The Kier molecular flexibility index (Phi) is 3.67. The van der Waals surface area contributed by atoms with E-state index in [1.165, 1.54) is 0 Å². The minimum Gasteiger partial charge on any atom is -0.259 e. The summed E-state index contributed by atoms with van der Waals surface area (Å²) in [6.07, 6.45) is 2.89. The first-order valence-corrected chi connectivity index (χ1v) is 3.05. The normalized spacial score (nSPS) is 11.6. The summed E-state index contributed by atoms with van der Waals surface area (Å²) in [6.45, 7) is 3.67. The van der Waals surface area contributed by atoms with Crippen molar-refractivity contribution >= 4 is 0 Å². The van der Waals surface area contributed by atoms with Gasteiger partial charge in [0.25, 0.3) is 0 Å². The molecule has 0 heterocycles. The van der Waals surface area contributed by atoms with E-state index in [9.17, 15) is 10.1 Å². The van der Waals surface area contributed by atoms with Crippen LogP contribution in [0.1, 0.15) is 26.7 Å². The van der Waals surface area contributed by atoms with Crippen molar-refractivity contribution in [2.24, 2.45) is 0 Å². The summed E-state index contributed by atoms with van der Waals surface area (Å²) in [5, 5.41) is 10.1. The quantitative estimate of drug-likeness (QED) is 0.432. The summed E-state index contributed by atoms with van der Waals surface area (Å²) in [5.41, 5.74) is 0.317. The fraction of sp³-hybridized carbons (Fsp3) is 0.667. The summed E-state index contributed by atoms with van der Waals surface area (Å²) in [4.78, 5) is 9.73. The van der Waals surface area contributed by atoms with Crippen LogP contribution < -0.4 is 0 Å². The summed E-state index contributed by atoms with van der Waals surface area (Å²) >= 11 is 0. The molecule has 3 heteroatoms. The van der Waals surface area contributed by atoms with Gasteiger partial charge in [0.1, 0.15) is 0 Å². The van der Waals surface area contributed by atoms with Gasteiger partial charge in [-0.15, -0.1) is 0 Å². The van der Waals surface area contributed by atoms with E-state index in [1.807, 2.05) is 6.92 Å². The lowest BCUT2D eigenvalue weighted by Gasteiger charge is -1.89. The Balaban J connectivity index is 3.98. The van der Waals surface area contributed by atoms with Crippen molar-refractivity contribution in [2.75, 3.05) is 0 Å². The Bertz CT molecular complexity index is 129. The molecule has 0 atom stereocenters. The molecule has 0 bridgehead atoms. The minimum atomic E-state index is -0.330. The van der Waals surface area contributed by atoms with Gasteiger partial charge in [0, 0.05) is 6.42 Å². The first-order chi connectivity index (χ1) is 4.22. The van der Waals surface area contributed by atoms with Gasteiger partial charge in [0.15, 0.2) is 0 Å². The van der Waals surface area contributed by atoms with Crippen LogP contribution in [-0.4, -0.2) is 4.92 Å². The van der Waals surface area contributed by atoms with E-state index in [0.717, 1.165) is 6.42 Å². The molecule has 0 aliphatic rings. The molecule has 0 unspecified atom stereocenters. The zero-order valence-corrected chi connectivity index (χ0v) is 5.76. The van der Waals surface area contributed by atoms with Crippen LogP contribution in [0, 0.1) is 10.1 Å². The van der Waals surface area contributed by atoms with Gasteiger partial charge in [-0.3, -0.25) is 10.1 Å². The number of hydrogen-bond donors (Lipinski definition) is 0. The smallest absolute Gasteiger partial charge is 0.242 e. The van der Waals surface area contributed by atoms with E-state index < -0.39 is 0 Å². The number of allylic oxidation sites excluding steroid dienone is 2. The second-order valence-electron chi connectivity index (χ2n) is 1.71. The van der Waals surface area contributed by atoms with Gasteiger partial charge in [-0.05, 0) is 12.5 Å². The van der Waals surface area contributed by atoms with Gasteiger partial charge in [-0.25, -0.2) is 0 Å². The van der Waals surface area contributed by atoms with Crippen LogP contribution in [0.5, 0.6) is 0 Å². The van der Waals surface area contributed by atoms with E-state index >= 15 is 0 Å². The fourth-order valence-corrected chi connectivity index (χ4v) is 0.584. The summed E-state index contributed by atoms with van der Waals surface area (Å²) in [5.74, 6) is 0. The SMILES string of the molecule is CCC=C(CC)[N+](=O)[O-]. The summed E-state index contributed by atoms with van der Waals surface area (Å²) in [6, 6.07) is 0. The number of nitro groups is 1. The van der Waals surface area contributed by atoms with E-state index in [0.29, 0.717) is 12.1 Å². The van der Waals surface area contributed by atoms with Crippen LogP contribution in [0.2, 0.25) is 0 Å². The van der Waals surface area contributed by atoms with Crippen molar-refractivity contribution in [1.82, 2.24) is 0 Å². The van der Waals surface area contributed by atoms with E-state index in [4.69, 9.17) is 0 Å². The Morgan fingerprint density at radius 1 is 1.67 bits per heavy atom. The molecule has 0 aromatic rings. The molecule has 0 amide bonds. The highest BCUT2D eigenvalue weighted by molar-refractivity contribution is 4.88. The second kappa shape index (κ2) is 4.06. The van der Waals surface area contributed by atoms with Crippen molar-refractivity contribution in [3.05, 3.63) is 21.9 Å². The molecule has 0 fully saturated rings. The molecule has 52 valence electrons. The number of hydrogen-bond acceptors (Lipinski definition) is 2. The predicted molar refractivity (Wildman–Crippen MR) is 35.7 cm³/mol. The zero-order chi connectivity index (χ0) is 7.28. The van der Waals surface area contributed by atoms with E-state index in [2.05, 4.69) is 0 Å². The van der Waals surface area contributed by atoms with Crippen molar-refractivity contribution in [2.45, 2.75) is 26.7 Å². The lowest BCUT2D eigenvalue weighted by molar-refractivity contribution is -0.427. The van der Waals surface area contributed by atoms with Crippen molar-refractivity contribution in [1.29, 1.82) is 0 Å². The van der Waals surface area contributed by atoms with Crippen LogP contribution in [0.25, 0.3) is 0 Å². The molecule has 0 saturated heterocycles. The predicted octanol–water partition coefficient (Wildman–Crippen LogP) is 1.97. The molecule has 0 N–H and O–H groups in total. The lowest BCUT2D eigenvalue weighted by atomic mass is 10.3. The van der Waals surface area contributed by atoms with Crippen molar-refractivity contribution in [3.63, 3.8) is 0 Å². The van der Waals surface area contributed by atoms with Crippen LogP contribution in [0.4, 0.5) is 0 Å². The minimum absolute atomic E-state index is 0.317. The third kappa shape index (κ3) is 2.85. The maximum absolute atomic E-state index is 10.1. The molecule has 0 aromatic heterocycles. The zero-order valence-electron chi connectivity index (χ0n) is 5.76. The Morgan fingerprint density at radius 2 is 2.22 bits per heavy atom. The topological polar surface area (TPSA) is 43.1 Å². The third-order valence-corrected chi connectivity index (χ3v) is 1.04. The maximum atomic E-state index is 10.1. The molecule has 0 spiro atoms. The standard InChI is InChI=1S/C6H11NO2/c1-3-5-6(4-2)7(8)9/h5H,3-4H2,1-2H3. The van der Waals surface area contributed by atoms with Gasteiger partial charge in [-0.2, -0.15) is 0 Å². The third-order valence-electron chi connectivity index (χ3n) is 1.04. The van der Waals surface area contributed by atoms with Gasteiger partial charge in [0.05, 0.1) is 4.92 Å². The molecule has 0 rings (SSSR count). The molecular weight excluding hydrogens is 118 g/mol. The van der Waals surface area contributed by atoms with Gasteiger partial charge >= 0.3 is 0 Å². The average molecular weight is 129 g/mol. The molecule has 0 saturated carbocycles. The summed E-state index contributed by atoms with van der Waals surface area (Å²) < 4.78 is 0. The van der Waals surface area contributed by atoms with Crippen LogP contribution in [0.15, 0.2) is 11.8 Å². The van der Waals surface area contributed by atoms with Gasteiger partial charge in [0.2, 0.25) is 5.70 Å². The van der Waals surface area contributed by atoms with Crippen LogP contribution in [-0.2, 0) is 0 Å². The lowest BCUT2D eigenvalue weighted by Crippen LogP contribution is -1.95. The fourth-order valence-electron chi connectivity index (χ4n) is 0.584. The van der Waals surface area contributed by atoms with Gasteiger partial charge in [-0.1, -0.05) is 13.8 Å². The van der Waals surface area contributed by atoms with E-state index in [-0.39, 0.29) is 4.92 Å². The molecule has 0 aliphatic carbocycles. The molecule has 0 radical (unpaired) electrons. The largest absolute Gasteiger partial charge is 0.259 e. The Hall–Kier alpha value is -0.860. The monoisotopic (exact) mass is 129 g/mol. The maximum Gasteiger partial charge on any atom is 0.242 e. The Morgan fingerprint density at radius 3 is 2.33 bits per heavy atom. The molecule has 0 aromatic carbocycles. The molecule has 9 heavy (non-hydrogen) atoms.